The first-order valence-corrected chi connectivity index (χ1v) is 5.41. The maximum atomic E-state index is 4.11. The zero-order valence-electron chi connectivity index (χ0n) is 10.5. The zero-order chi connectivity index (χ0) is 12.7. The van der Waals surface area contributed by atoms with Gasteiger partial charge in [0.05, 0.1) is 5.69 Å². The first-order valence-electron chi connectivity index (χ1n) is 5.41. The smallest absolute Gasteiger partial charge is 0.147 e. The van der Waals surface area contributed by atoms with Gasteiger partial charge in [-0.25, -0.2) is 0 Å². The summed E-state index contributed by atoms with van der Waals surface area (Å²) in [6, 6.07) is 7.70. The van der Waals surface area contributed by atoms with Gasteiger partial charge >= 0.3 is 0 Å². The normalized spacial score (nSPS) is 11.0. The van der Waals surface area contributed by atoms with Crippen LogP contribution in [-0.2, 0) is 0 Å². The van der Waals surface area contributed by atoms with Gasteiger partial charge in [0.2, 0.25) is 0 Å². The number of allylic oxidation sites excluding steroid dienone is 1. The Bertz CT molecular complexity index is 418. The summed E-state index contributed by atoms with van der Waals surface area (Å²) in [7, 11) is 3.76. The largest absolute Gasteiger partial charge is 0.388 e. The summed E-state index contributed by atoms with van der Waals surface area (Å²) in [5, 5.41) is 11.2. The highest BCUT2D eigenvalue weighted by molar-refractivity contribution is 5.50. The Morgan fingerprint density at radius 3 is 2.53 bits per heavy atom. The van der Waals surface area contributed by atoms with E-state index in [1.807, 2.05) is 62.5 Å². The molecule has 0 atom stereocenters. The molecule has 0 spiro atoms. The van der Waals surface area contributed by atoms with E-state index in [4.69, 9.17) is 0 Å². The highest BCUT2D eigenvalue weighted by Crippen LogP contribution is 2.17. The molecule has 4 nitrogen and oxygen atoms in total. The second-order valence-electron chi connectivity index (χ2n) is 3.51. The lowest BCUT2D eigenvalue weighted by atomic mass is 10.3. The van der Waals surface area contributed by atoms with Crippen molar-refractivity contribution in [3.63, 3.8) is 0 Å². The van der Waals surface area contributed by atoms with Gasteiger partial charge in [0, 0.05) is 26.0 Å². The third kappa shape index (κ3) is 4.10. The summed E-state index contributed by atoms with van der Waals surface area (Å²) in [4.78, 5) is 1.81. The molecule has 0 fully saturated rings. The van der Waals surface area contributed by atoms with Crippen LogP contribution in [0.2, 0.25) is 0 Å². The van der Waals surface area contributed by atoms with Crippen LogP contribution in [0.15, 0.2) is 59.2 Å². The summed E-state index contributed by atoms with van der Waals surface area (Å²) in [6.45, 7) is 5.77. The molecular weight excluding hydrogens is 212 g/mol. The maximum Gasteiger partial charge on any atom is 0.147 e. The minimum absolute atomic E-state index is 0.598. The third-order valence-corrected chi connectivity index (χ3v) is 2.22. The Morgan fingerprint density at radius 2 is 2.00 bits per heavy atom. The lowest BCUT2D eigenvalue weighted by Crippen LogP contribution is -2.06. The number of azo groups is 1. The van der Waals surface area contributed by atoms with Gasteiger partial charge in [-0.3, -0.25) is 0 Å². The Balaban J connectivity index is 2.66. The highest BCUT2D eigenvalue weighted by Gasteiger charge is 1.95. The second kappa shape index (κ2) is 6.48. The van der Waals surface area contributed by atoms with Gasteiger partial charge in [0.25, 0.3) is 0 Å². The lowest BCUT2D eigenvalue weighted by Gasteiger charge is -2.10. The van der Waals surface area contributed by atoms with Crippen LogP contribution in [0.1, 0.15) is 6.92 Å². The van der Waals surface area contributed by atoms with Crippen LogP contribution in [0.3, 0.4) is 0 Å². The summed E-state index contributed by atoms with van der Waals surface area (Å²) in [6.07, 6.45) is 3.80. The molecule has 0 saturated heterocycles. The van der Waals surface area contributed by atoms with Crippen molar-refractivity contribution in [1.82, 2.24) is 4.90 Å². The van der Waals surface area contributed by atoms with E-state index in [9.17, 15) is 0 Å². The van der Waals surface area contributed by atoms with Crippen molar-refractivity contribution in [3.05, 3.63) is 48.9 Å². The molecule has 0 saturated carbocycles. The molecule has 0 heterocycles. The fourth-order valence-electron chi connectivity index (χ4n) is 1.19. The highest BCUT2D eigenvalue weighted by atomic mass is 15.3. The number of hydrogen-bond acceptors (Lipinski definition) is 4. The lowest BCUT2D eigenvalue weighted by molar-refractivity contribution is 0.555. The molecule has 0 unspecified atom stereocenters. The third-order valence-electron chi connectivity index (χ3n) is 2.22. The predicted octanol–water partition coefficient (Wildman–Crippen LogP) is 3.75. The fourth-order valence-corrected chi connectivity index (χ4v) is 1.19. The van der Waals surface area contributed by atoms with E-state index in [-0.39, 0.29) is 0 Å². The van der Waals surface area contributed by atoms with Gasteiger partial charge in [-0.15, -0.1) is 10.2 Å². The molecule has 0 aliphatic carbocycles. The Kier molecular flexibility index (Phi) is 4.94. The van der Waals surface area contributed by atoms with E-state index in [1.165, 1.54) is 0 Å². The summed E-state index contributed by atoms with van der Waals surface area (Å²) in [5.41, 5.74) is 1.85. The number of nitrogens with one attached hydrogen (secondary N) is 1. The van der Waals surface area contributed by atoms with Gasteiger partial charge < -0.3 is 10.2 Å². The molecule has 1 rings (SSSR count). The maximum absolute atomic E-state index is 4.11. The molecule has 90 valence electrons. The van der Waals surface area contributed by atoms with Gasteiger partial charge in [-0.1, -0.05) is 12.7 Å². The first-order chi connectivity index (χ1) is 8.17. The molecule has 0 aromatic heterocycles. The van der Waals surface area contributed by atoms with Crippen molar-refractivity contribution in [2.24, 2.45) is 10.2 Å². The SMILES string of the molecule is C=C(N=Nc1ccc(NC)cc1)N(C)/C=C\C. The molecule has 0 aliphatic rings. The molecule has 1 N–H and O–H groups in total. The van der Waals surface area contributed by atoms with Gasteiger partial charge in [-0.05, 0) is 31.2 Å². The fraction of sp³-hybridized carbons (Fsp3) is 0.231. The van der Waals surface area contributed by atoms with E-state index >= 15 is 0 Å². The minimum Gasteiger partial charge on any atom is -0.388 e. The van der Waals surface area contributed by atoms with Crippen LogP contribution in [0.25, 0.3) is 0 Å². The Labute approximate surface area is 102 Å². The summed E-state index contributed by atoms with van der Waals surface area (Å²) in [5.74, 6) is 0.598. The number of anilines is 1. The average Bonchev–Trinajstić information content (AvgIpc) is 2.36. The number of hydrogen-bond donors (Lipinski definition) is 1. The van der Waals surface area contributed by atoms with Crippen LogP contribution in [0.5, 0.6) is 0 Å². The van der Waals surface area contributed by atoms with E-state index in [0.29, 0.717) is 5.82 Å². The van der Waals surface area contributed by atoms with Crippen molar-refractivity contribution < 1.29 is 0 Å². The molecule has 0 radical (unpaired) electrons. The number of nitrogens with zero attached hydrogens (tertiary/aromatic N) is 3. The molecule has 1 aromatic rings. The Hall–Kier alpha value is -2.10. The Morgan fingerprint density at radius 1 is 1.35 bits per heavy atom. The van der Waals surface area contributed by atoms with Crippen LogP contribution < -0.4 is 5.32 Å². The molecule has 1 aromatic carbocycles. The predicted molar refractivity (Wildman–Crippen MR) is 72.2 cm³/mol. The van der Waals surface area contributed by atoms with Gasteiger partial charge in [-0.2, -0.15) is 0 Å². The van der Waals surface area contributed by atoms with Gasteiger partial charge in [0.15, 0.2) is 0 Å². The molecule has 0 aliphatic heterocycles. The zero-order valence-corrected chi connectivity index (χ0v) is 10.5. The topological polar surface area (TPSA) is 40.0 Å². The number of benzene rings is 1. The van der Waals surface area contributed by atoms with Crippen LogP contribution >= 0.6 is 0 Å². The van der Waals surface area contributed by atoms with Crippen molar-refractivity contribution in [3.8, 4) is 0 Å². The molecule has 17 heavy (non-hydrogen) atoms. The van der Waals surface area contributed by atoms with E-state index in [2.05, 4.69) is 22.1 Å². The average molecular weight is 230 g/mol. The molecular formula is C13H18N4. The van der Waals surface area contributed by atoms with Crippen molar-refractivity contribution in [1.29, 1.82) is 0 Å². The van der Waals surface area contributed by atoms with Crippen LogP contribution in [0.4, 0.5) is 11.4 Å². The summed E-state index contributed by atoms with van der Waals surface area (Å²) >= 11 is 0. The van der Waals surface area contributed by atoms with Crippen LogP contribution in [-0.4, -0.2) is 19.0 Å². The quantitative estimate of drug-likeness (QED) is 0.782. The molecule has 0 bridgehead atoms. The van der Waals surface area contributed by atoms with Gasteiger partial charge in [0.1, 0.15) is 5.82 Å². The summed E-state index contributed by atoms with van der Waals surface area (Å²) < 4.78 is 0. The van der Waals surface area contributed by atoms with E-state index < -0.39 is 0 Å². The van der Waals surface area contributed by atoms with E-state index in [0.717, 1.165) is 11.4 Å². The van der Waals surface area contributed by atoms with Crippen molar-refractivity contribution in [2.45, 2.75) is 6.92 Å². The standard InChI is InChI=1S/C13H18N4/c1-5-10-17(4)11(2)15-16-13-8-6-12(14-3)7-9-13/h5-10,14H,2H2,1,3-4H3/b10-5-,16-15?. The van der Waals surface area contributed by atoms with E-state index in [1.54, 1.807) is 0 Å². The van der Waals surface area contributed by atoms with Crippen molar-refractivity contribution in [2.75, 3.05) is 19.4 Å². The minimum atomic E-state index is 0.598. The molecule has 0 amide bonds. The van der Waals surface area contributed by atoms with Crippen LogP contribution in [0, 0.1) is 0 Å². The number of rotatable bonds is 5. The molecule has 4 heteroatoms. The first kappa shape index (κ1) is 13.0. The monoisotopic (exact) mass is 230 g/mol. The second-order valence-corrected chi connectivity index (χ2v) is 3.51. The van der Waals surface area contributed by atoms with Crippen molar-refractivity contribution >= 4 is 11.4 Å².